The summed E-state index contributed by atoms with van der Waals surface area (Å²) in [5.41, 5.74) is 0.930. The van der Waals surface area contributed by atoms with Gasteiger partial charge in [-0.05, 0) is 37.0 Å². The van der Waals surface area contributed by atoms with E-state index in [1.165, 1.54) is 12.1 Å². The number of benzene rings is 1. The van der Waals surface area contributed by atoms with Crippen molar-refractivity contribution in [2.24, 2.45) is 0 Å². The van der Waals surface area contributed by atoms with E-state index >= 15 is 0 Å². The summed E-state index contributed by atoms with van der Waals surface area (Å²) in [6.07, 6.45) is 1.61. The summed E-state index contributed by atoms with van der Waals surface area (Å²) in [6.45, 7) is 0. The van der Waals surface area contributed by atoms with E-state index in [0.717, 1.165) is 18.4 Å². The van der Waals surface area contributed by atoms with Gasteiger partial charge in [-0.15, -0.1) is 0 Å². The largest absolute Gasteiger partial charge is 0.388 e. The van der Waals surface area contributed by atoms with Crippen molar-refractivity contribution in [3.63, 3.8) is 0 Å². The van der Waals surface area contributed by atoms with Gasteiger partial charge in [0, 0.05) is 20.6 Å². The molecule has 1 amide bonds. The summed E-state index contributed by atoms with van der Waals surface area (Å²) in [5.74, 6) is -0.290. The normalized spacial score (nSPS) is 25.0. The van der Waals surface area contributed by atoms with E-state index in [9.17, 15) is 14.3 Å². The Morgan fingerprint density at radius 3 is 2.62 bits per heavy atom. The molecule has 21 heavy (non-hydrogen) atoms. The van der Waals surface area contributed by atoms with E-state index in [1.54, 1.807) is 31.2 Å². The van der Waals surface area contributed by atoms with E-state index in [4.69, 9.17) is 4.74 Å². The molecule has 5 heteroatoms. The zero-order valence-corrected chi connectivity index (χ0v) is 12.5. The molecule has 1 saturated carbocycles. The molecule has 116 valence electrons. The van der Waals surface area contributed by atoms with Crippen LogP contribution < -0.4 is 0 Å². The summed E-state index contributed by atoms with van der Waals surface area (Å²) < 4.78 is 18.0. The predicted molar refractivity (Wildman–Crippen MR) is 77.3 cm³/mol. The second-order valence-corrected chi connectivity index (χ2v) is 5.54. The van der Waals surface area contributed by atoms with Gasteiger partial charge in [0.25, 0.3) is 0 Å². The molecule has 1 fully saturated rings. The Labute approximate surface area is 124 Å². The lowest BCUT2D eigenvalue weighted by Gasteiger charge is -2.28. The Kier molecular flexibility index (Phi) is 5.31. The van der Waals surface area contributed by atoms with Crippen LogP contribution in [0.3, 0.4) is 0 Å². The van der Waals surface area contributed by atoms with Crippen molar-refractivity contribution < 1.29 is 19.0 Å². The topological polar surface area (TPSA) is 49.8 Å². The minimum atomic E-state index is -0.630. The van der Waals surface area contributed by atoms with E-state index in [-0.39, 0.29) is 23.9 Å². The summed E-state index contributed by atoms with van der Waals surface area (Å²) in [5, 5.41) is 10.1. The Balaban J connectivity index is 1.87. The van der Waals surface area contributed by atoms with Crippen molar-refractivity contribution in [2.45, 2.75) is 43.9 Å². The number of rotatable bonds is 5. The first-order valence-electron chi connectivity index (χ1n) is 7.24. The summed E-state index contributed by atoms with van der Waals surface area (Å²) in [7, 11) is 3.30. The molecule has 0 unspecified atom stereocenters. The number of aryl methyl sites for hydroxylation is 1. The average molecular weight is 295 g/mol. The van der Waals surface area contributed by atoms with E-state index < -0.39 is 6.10 Å². The minimum absolute atomic E-state index is 0.0138. The maximum atomic E-state index is 12.8. The molecule has 3 atom stereocenters. The Morgan fingerprint density at radius 1 is 1.38 bits per heavy atom. The highest BCUT2D eigenvalue weighted by molar-refractivity contribution is 5.76. The van der Waals surface area contributed by atoms with Crippen LogP contribution >= 0.6 is 0 Å². The molecule has 2 rings (SSSR count). The van der Waals surface area contributed by atoms with Gasteiger partial charge in [-0.3, -0.25) is 4.79 Å². The van der Waals surface area contributed by atoms with Crippen LogP contribution in [0, 0.1) is 5.82 Å². The lowest BCUT2D eigenvalue weighted by atomic mass is 10.1. The van der Waals surface area contributed by atoms with Gasteiger partial charge in [0.1, 0.15) is 11.9 Å². The number of likely N-dealkylation sites (N-methyl/N-ethyl adjacent to an activating group) is 1. The van der Waals surface area contributed by atoms with Gasteiger partial charge in [-0.2, -0.15) is 0 Å². The molecular weight excluding hydrogens is 273 g/mol. The van der Waals surface area contributed by atoms with Crippen LogP contribution in [0.5, 0.6) is 0 Å². The van der Waals surface area contributed by atoms with E-state index in [1.807, 2.05) is 0 Å². The smallest absolute Gasteiger partial charge is 0.222 e. The van der Waals surface area contributed by atoms with Crippen LogP contribution in [0.25, 0.3) is 0 Å². The zero-order valence-electron chi connectivity index (χ0n) is 12.5. The Morgan fingerprint density at radius 2 is 2.05 bits per heavy atom. The molecule has 0 aliphatic heterocycles. The molecule has 0 radical (unpaired) electrons. The first-order valence-corrected chi connectivity index (χ1v) is 7.24. The molecule has 0 aromatic heterocycles. The third-order valence-corrected chi connectivity index (χ3v) is 4.26. The van der Waals surface area contributed by atoms with Gasteiger partial charge >= 0.3 is 0 Å². The molecule has 0 spiro atoms. The molecule has 1 aromatic carbocycles. The van der Waals surface area contributed by atoms with Gasteiger partial charge in [0.15, 0.2) is 0 Å². The number of aliphatic hydroxyl groups excluding tert-OH is 1. The van der Waals surface area contributed by atoms with Gasteiger partial charge in [0.2, 0.25) is 5.91 Å². The number of amides is 1. The lowest BCUT2D eigenvalue weighted by molar-refractivity contribution is -0.134. The van der Waals surface area contributed by atoms with Crippen LogP contribution in [-0.2, 0) is 16.0 Å². The number of halogens is 1. The van der Waals surface area contributed by atoms with E-state index in [2.05, 4.69) is 0 Å². The zero-order chi connectivity index (χ0) is 15.4. The Hall–Kier alpha value is -1.46. The number of aliphatic hydroxyl groups is 1. The molecule has 1 aromatic rings. The fraction of sp³-hybridized carbons (Fsp3) is 0.562. The standard InChI is InChI=1S/C16H22FNO3/c1-18(13-8-9-14(21-2)16(13)20)15(19)10-5-11-3-6-12(17)7-4-11/h3-4,6-7,13-14,16,20H,5,8-10H2,1-2H3/t13-,14-,16-/m1/s1. The van der Waals surface area contributed by atoms with Crippen molar-refractivity contribution in [3.05, 3.63) is 35.6 Å². The van der Waals surface area contributed by atoms with Crippen LogP contribution in [0.2, 0.25) is 0 Å². The molecular formula is C16H22FNO3. The molecule has 1 aliphatic carbocycles. The third kappa shape index (κ3) is 3.80. The number of hydrogen-bond acceptors (Lipinski definition) is 3. The van der Waals surface area contributed by atoms with E-state index in [0.29, 0.717) is 12.8 Å². The summed E-state index contributed by atoms with van der Waals surface area (Å²) in [4.78, 5) is 13.8. The second kappa shape index (κ2) is 7.00. The number of nitrogens with zero attached hydrogens (tertiary/aromatic N) is 1. The quantitative estimate of drug-likeness (QED) is 0.900. The number of ether oxygens (including phenoxy) is 1. The Bertz CT molecular complexity index is 477. The third-order valence-electron chi connectivity index (χ3n) is 4.26. The molecule has 0 heterocycles. The maximum absolute atomic E-state index is 12.8. The number of methoxy groups -OCH3 is 1. The lowest BCUT2D eigenvalue weighted by Crippen LogP contribution is -2.44. The number of hydrogen-bond donors (Lipinski definition) is 1. The fourth-order valence-corrected chi connectivity index (χ4v) is 2.87. The average Bonchev–Trinajstić information content (AvgIpc) is 2.86. The van der Waals surface area contributed by atoms with Crippen molar-refractivity contribution >= 4 is 5.91 Å². The monoisotopic (exact) mass is 295 g/mol. The molecule has 0 bridgehead atoms. The van der Waals surface area contributed by atoms with Crippen LogP contribution in [0.1, 0.15) is 24.8 Å². The second-order valence-electron chi connectivity index (χ2n) is 5.54. The minimum Gasteiger partial charge on any atom is -0.388 e. The SMILES string of the molecule is CO[C@@H]1CC[C@@H](N(C)C(=O)CCc2ccc(F)cc2)[C@H]1O. The predicted octanol–water partition coefficient (Wildman–Crippen LogP) is 1.75. The highest BCUT2D eigenvalue weighted by atomic mass is 19.1. The first-order chi connectivity index (χ1) is 10.0. The molecule has 0 saturated heterocycles. The number of carbonyl (C=O) groups is 1. The van der Waals surface area contributed by atoms with Crippen LogP contribution in [0.15, 0.2) is 24.3 Å². The van der Waals surface area contributed by atoms with Gasteiger partial charge in [-0.1, -0.05) is 12.1 Å². The van der Waals surface area contributed by atoms with Crippen LogP contribution in [0.4, 0.5) is 4.39 Å². The highest BCUT2D eigenvalue weighted by Gasteiger charge is 2.38. The maximum Gasteiger partial charge on any atom is 0.222 e. The summed E-state index contributed by atoms with van der Waals surface area (Å²) >= 11 is 0. The van der Waals surface area contributed by atoms with Gasteiger partial charge < -0.3 is 14.7 Å². The molecule has 1 N–H and O–H groups in total. The van der Waals surface area contributed by atoms with Crippen molar-refractivity contribution in [2.75, 3.05) is 14.2 Å². The molecule has 4 nitrogen and oxygen atoms in total. The van der Waals surface area contributed by atoms with Crippen LogP contribution in [-0.4, -0.2) is 48.3 Å². The fourth-order valence-electron chi connectivity index (χ4n) is 2.87. The van der Waals surface area contributed by atoms with Gasteiger partial charge in [0.05, 0.1) is 12.1 Å². The first kappa shape index (κ1) is 15.9. The summed E-state index contributed by atoms with van der Waals surface area (Å²) in [6, 6.07) is 5.98. The van der Waals surface area contributed by atoms with Gasteiger partial charge in [-0.25, -0.2) is 4.39 Å². The molecule has 1 aliphatic rings. The van der Waals surface area contributed by atoms with Crippen molar-refractivity contribution in [3.8, 4) is 0 Å². The highest BCUT2D eigenvalue weighted by Crippen LogP contribution is 2.26. The van der Waals surface area contributed by atoms with Crippen molar-refractivity contribution in [1.29, 1.82) is 0 Å². The van der Waals surface area contributed by atoms with Crippen molar-refractivity contribution in [1.82, 2.24) is 4.90 Å². The number of carbonyl (C=O) groups excluding carboxylic acids is 1.